The van der Waals surface area contributed by atoms with E-state index in [2.05, 4.69) is 13.1 Å². The zero-order valence-corrected chi connectivity index (χ0v) is 21.5. The second-order valence-corrected chi connectivity index (χ2v) is 13.8. The molecule has 2 aromatic rings. The van der Waals surface area contributed by atoms with Crippen LogP contribution in [0.15, 0.2) is 48.5 Å². The lowest BCUT2D eigenvalue weighted by atomic mass is 9.67. The van der Waals surface area contributed by atoms with E-state index in [1.807, 2.05) is 53.4 Å². The number of hydrogen-bond acceptors (Lipinski definition) is 2. The maximum atomic E-state index is 13.8. The Morgan fingerprint density at radius 1 is 1.12 bits per heavy atom. The van der Waals surface area contributed by atoms with Crippen LogP contribution in [0.5, 0.6) is 0 Å². The molecule has 1 fully saturated rings. The Hall–Kier alpha value is -1.82. The summed E-state index contributed by atoms with van der Waals surface area (Å²) in [5.41, 5.74) is 1.05. The Kier molecular flexibility index (Phi) is 8.07. The predicted molar refractivity (Wildman–Crippen MR) is 133 cm³/mol. The lowest BCUT2D eigenvalue weighted by molar-refractivity contribution is -0.157. The lowest BCUT2D eigenvalue weighted by Gasteiger charge is -2.49. The summed E-state index contributed by atoms with van der Waals surface area (Å²) in [5, 5.41) is 10.9. The molecule has 2 aromatic carbocycles. The van der Waals surface area contributed by atoms with E-state index in [0.717, 1.165) is 23.6 Å². The average molecular weight is 493 g/mol. The molecule has 0 aromatic heterocycles. The minimum absolute atomic E-state index is 0.0757. The van der Waals surface area contributed by atoms with Gasteiger partial charge in [0.1, 0.15) is 0 Å². The molecule has 1 heterocycles. The molecule has 1 amide bonds. The van der Waals surface area contributed by atoms with Gasteiger partial charge in [-0.25, -0.2) is 0 Å². The van der Waals surface area contributed by atoms with Crippen molar-refractivity contribution in [3.05, 3.63) is 69.7 Å². The summed E-state index contributed by atoms with van der Waals surface area (Å²) >= 11 is 12.5. The van der Waals surface area contributed by atoms with Crippen LogP contribution < -0.4 is 0 Å². The number of benzene rings is 2. The van der Waals surface area contributed by atoms with Crippen molar-refractivity contribution in [1.82, 2.24) is 4.90 Å². The van der Waals surface area contributed by atoms with Gasteiger partial charge in [-0.15, -0.1) is 0 Å². The number of aliphatic carboxylic acids is 1. The molecule has 3 atom stereocenters. The standard InChI is InChI=1S/C25H31Cl2NO3Si/c1-25(16-22(29)30)15-21(18-6-4-7-20(27)14-18)23(17-8-10-19(26)11-9-17)28(24(25)31)12-5-13-32(2)3/h4,6-11,14,21,23,32H,5,12-13,15-16H2,1-3H3,(H,29,30)/t21?,23-,25-/m1/s1. The van der Waals surface area contributed by atoms with Gasteiger partial charge in [-0.05, 0) is 48.2 Å². The topological polar surface area (TPSA) is 57.6 Å². The molecule has 0 radical (unpaired) electrons. The number of rotatable bonds is 8. The molecule has 1 aliphatic rings. The highest BCUT2D eigenvalue weighted by molar-refractivity contribution is 6.55. The van der Waals surface area contributed by atoms with Crippen LogP contribution in [0.3, 0.4) is 0 Å². The van der Waals surface area contributed by atoms with Gasteiger partial charge in [-0.3, -0.25) is 9.59 Å². The predicted octanol–water partition coefficient (Wildman–Crippen LogP) is 6.41. The van der Waals surface area contributed by atoms with Gasteiger partial charge in [-0.2, -0.15) is 0 Å². The van der Waals surface area contributed by atoms with Crippen molar-refractivity contribution in [3.8, 4) is 0 Å². The number of halogens is 2. The molecule has 0 saturated carbocycles. The molecule has 0 spiro atoms. The number of amides is 1. The van der Waals surface area contributed by atoms with Crippen LogP contribution in [-0.2, 0) is 9.59 Å². The van der Waals surface area contributed by atoms with Gasteiger partial charge >= 0.3 is 5.97 Å². The third-order valence-corrected chi connectivity index (χ3v) is 8.42. The number of piperidine rings is 1. The third kappa shape index (κ3) is 5.75. The highest BCUT2D eigenvalue weighted by atomic mass is 35.5. The van der Waals surface area contributed by atoms with Gasteiger partial charge in [0.25, 0.3) is 0 Å². The molecule has 1 unspecified atom stereocenters. The van der Waals surface area contributed by atoms with Gasteiger partial charge in [0, 0.05) is 31.3 Å². The van der Waals surface area contributed by atoms with Crippen LogP contribution in [0, 0.1) is 5.41 Å². The van der Waals surface area contributed by atoms with E-state index in [-0.39, 0.29) is 24.3 Å². The number of likely N-dealkylation sites (tertiary alicyclic amines) is 1. The molecule has 172 valence electrons. The molecule has 0 aliphatic carbocycles. The Bertz CT molecular complexity index is 966. The van der Waals surface area contributed by atoms with E-state index in [1.165, 1.54) is 0 Å². The van der Waals surface area contributed by atoms with E-state index in [0.29, 0.717) is 23.0 Å². The fourth-order valence-electron chi connectivity index (χ4n) is 4.88. The van der Waals surface area contributed by atoms with Gasteiger partial charge in [0.15, 0.2) is 0 Å². The Balaban J connectivity index is 2.11. The van der Waals surface area contributed by atoms with E-state index < -0.39 is 20.2 Å². The molecule has 4 nitrogen and oxygen atoms in total. The normalized spacial score (nSPS) is 23.6. The summed E-state index contributed by atoms with van der Waals surface area (Å²) in [5.74, 6) is -1.11. The van der Waals surface area contributed by atoms with Gasteiger partial charge in [-0.1, -0.05) is 73.5 Å². The highest BCUT2D eigenvalue weighted by Crippen LogP contribution is 2.51. The lowest BCUT2D eigenvalue weighted by Crippen LogP contribution is -2.52. The number of carbonyl (C=O) groups is 2. The summed E-state index contributed by atoms with van der Waals surface area (Å²) in [4.78, 5) is 27.4. The quantitative estimate of drug-likeness (QED) is 0.434. The maximum absolute atomic E-state index is 13.8. The van der Waals surface area contributed by atoms with Gasteiger partial charge in [0.2, 0.25) is 5.91 Å². The van der Waals surface area contributed by atoms with Crippen molar-refractivity contribution >= 4 is 43.9 Å². The van der Waals surface area contributed by atoms with E-state index in [1.54, 1.807) is 6.92 Å². The largest absolute Gasteiger partial charge is 0.481 e. The van der Waals surface area contributed by atoms with Crippen LogP contribution in [0.1, 0.15) is 49.3 Å². The SMILES string of the molecule is C[SiH](C)CCCN1C(=O)[C@@](C)(CC(=O)O)CC(c2cccc(Cl)c2)[C@H]1c1ccc(Cl)cc1. The summed E-state index contributed by atoms with van der Waals surface area (Å²) in [6.07, 6.45) is 1.18. The Morgan fingerprint density at radius 3 is 2.41 bits per heavy atom. The molecule has 32 heavy (non-hydrogen) atoms. The van der Waals surface area contributed by atoms with Crippen molar-refractivity contribution in [1.29, 1.82) is 0 Å². The average Bonchev–Trinajstić information content (AvgIpc) is 2.71. The van der Waals surface area contributed by atoms with Crippen LogP contribution in [0.25, 0.3) is 0 Å². The Morgan fingerprint density at radius 2 is 1.81 bits per heavy atom. The second kappa shape index (κ2) is 10.4. The summed E-state index contributed by atoms with van der Waals surface area (Å²) in [6, 6.07) is 16.3. The minimum Gasteiger partial charge on any atom is -0.481 e. The summed E-state index contributed by atoms with van der Waals surface area (Å²) < 4.78 is 0. The molecule has 0 bridgehead atoms. The molecular formula is C25H31Cl2NO3Si. The number of carbonyl (C=O) groups excluding carboxylic acids is 1. The van der Waals surface area contributed by atoms with Gasteiger partial charge < -0.3 is 10.0 Å². The van der Waals surface area contributed by atoms with Crippen LogP contribution in [0.2, 0.25) is 29.2 Å². The van der Waals surface area contributed by atoms with E-state index >= 15 is 0 Å². The van der Waals surface area contributed by atoms with Crippen molar-refractivity contribution in [2.24, 2.45) is 5.41 Å². The highest BCUT2D eigenvalue weighted by Gasteiger charge is 2.50. The molecule has 3 rings (SSSR count). The monoisotopic (exact) mass is 491 g/mol. The number of carboxylic acids is 1. The third-order valence-electron chi connectivity index (χ3n) is 6.37. The minimum atomic E-state index is -0.975. The first-order chi connectivity index (χ1) is 15.1. The van der Waals surface area contributed by atoms with Gasteiger partial charge in [0.05, 0.1) is 17.9 Å². The fraction of sp³-hybridized carbons (Fsp3) is 0.440. The van der Waals surface area contributed by atoms with Crippen molar-refractivity contribution in [2.45, 2.75) is 57.3 Å². The molecule has 1 saturated heterocycles. The zero-order chi connectivity index (χ0) is 23.5. The number of hydrogen-bond donors (Lipinski definition) is 1. The molecule has 1 N–H and O–H groups in total. The van der Waals surface area contributed by atoms with Crippen molar-refractivity contribution in [2.75, 3.05) is 6.54 Å². The first-order valence-electron chi connectivity index (χ1n) is 11.1. The first-order valence-corrected chi connectivity index (χ1v) is 15.0. The summed E-state index contributed by atoms with van der Waals surface area (Å²) in [7, 11) is -0.769. The number of nitrogens with zero attached hydrogens (tertiary/aromatic N) is 1. The van der Waals surface area contributed by atoms with Crippen molar-refractivity contribution < 1.29 is 14.7 Å². The summed E-state index contributed by atoms with van der Waals surface area (Å²) in [6.45, 7) is 7.02. The first kappa shape index (κ1) is 24.8. The van der Waals surface area contributed by atoms with E-state index in [4.69, 9.17) is 23.2 Å². The fourth-order valence-corrected chi connectivity index (χ4v) is 6.20. The van der Waals surface area contributed by atoms with Crippen LogP contribution in [0.4, 0.5) is 0 Å². The molecule has 1 aliphatic heterocycles. The van der Waals surface area contributed by atoms with Crippen LogP contribution in [-0.4, -0.2) is 37.2 Å². The Labute approximate surface area is 202 Å². The number of carboxylic acid groups (broad SMARTS) is 1. The molecular weight excluding hydrogens is 461 g/mol. The maximum Gasteiger partial charge on any atom is 0.304 e. The zero-order valence-electron chi connectivity index (χ0n) is 18.9. The van der Waals surface area contributed by atoms with E-state index in [9.17, 15) is 14.7 Å². The molecule has 7 heteroatoms. The van der Waals surface area contributed by atoms with Crippen LogP contribution >= 0.6 is 23.2 Å². The second-order valence-electron chi connectivity index (χ2n) is 9.53. The van der Waals surface area contributed by atoms with Crippen molar-refractivity contribution in [3.63, 3.8) is 0 Å². The smallest absolute Gasteiger partial charge is 0.304 e.